The van der Waals surface area contributed by atoms with E-state index in [9.17, 15) is 14.0 Å². The Kier molecular flexibility index (Phi) is 8.02. The van der Waals surface area contributed by atoms with Crippen LogP contribution in [0.4, 0.5) is 4.39 Å². The van der Waals surface area contributed by atoms with E-state index >= 15 is 0 Å². The zero-order valence-corrected chi connectivity index (χ0v) is 21.1. The highest BCUT2D eigenvalue weighted by Crippen LogP contribution is 2.26. The second kappa shape index (κ2) is 11.0. The number of carbonyl (C=O) groups excluding carboxylic acids is 2. The van der Waals surface area contributed by atoms with Gasteiger partial charge in [-0.05, 0) is 93.3 Å². The van der Waals surface area contributed by atoms with E-state index in [-0.39, 0.29) is 17.5 Å². The van der Waals surface area contributed by atoms with E-state index in [1.54, 1.807) is 13.8 Å². The van der Waals surface area contributed by atoms with Crippen molar-refractivity contribution in [3.63, 3.8) is 0 Å². The highest BCUT2D eigenvalue weighted by Gasteiger charge is 2.31. The molecule has 0 spiro atoms. The SMILES string of the molecule is CC(C)(N)C(=O)N1CCC(CCC(=O)c2ccc3c(c2)CN(Cc2ccc(F)cc2)CCC3)CC1. The van der Waals surface area contributed by atoms with Crippen LogP contribution in [0.2, 0.25) is 0 Å². The molecule has 6 heteroatoms. The Morgan fingerprint density at radius 2 is 1.74 bits per heavy atom. The average Bonchev–Trinajstić information content (AvgIpc) is 3.04. The first-order valence-corrected chi connectivity index (χ1v) is 12.9. The molecule has 2 aromatic carbocycles. The van der Waals surface area contributed by atoms with Gasteiger partial charge < -0.3 is 10.6 Å². The number of halogens is 1. The van der Waals surface area contributed by atoms with Crippen LogP contribution in [-0.4, -0.2) is 46.7 Å². The summed E-state index contributed by atoms with van der Waals surface area (Å²) in [7, 11) is 0. The molecule has 0 unspecified atom stereocenters. The summed E-state index contributed by atoms with van der Waals surface area (Å²) in [5, 5.41) is 0. The second-order valence-corrected chi connectivity index (χ2v) is 10.8. The molecular weight excluding hydrogens is 441 g/mol. The lowest BCUT2D eigenvalue weighted by atomic mass is 9.89. The van der Waals surface area contributed by atoms with Crippen molar-refractivity contribution in [2.24, 2.45) is 11.7 Å². The Bertz CT molecular complexity index is 1040. The van der Waals surface area contributed by atoms with E-state index in [0.29, 0.717) is 12.3 Å². The summed E-state index contributed by atoms with van der Waals surface area (Å²) in [5.41, 5.74) is 9.58. The lowest BCUT2D eigenvalue weighted by Crippen LogP contribution is -2.53. The number of ketones is 1. The average molecular weight is 480 g/mol. The first-order valence-electron chi connectivity index (χ1n) is 12.9. The number of piperidine rings is 1. The summed E-state index contributed by atoms with van der Waals surface area (Å²) in [6.45, 7) is 7.52. The van der Waals surface area contributed by atoms with Crippen LogP contribution in [0.3, 0.4) is 0 Å². The zero-order valence-electron chi connectivity index (χ0n) is 21.1. The highest BCUT2D eigenvalue weighted by atomic mass is 19.1. The molecule has 0 aliphatic carbocycles. The third-order valence-electron chi connectivity index (χ3n) is 7.39. The first-order chi connectivity index (χ1) is 16.7. The minimum absolute atomic E-state index is 0.00507. The second-order valence-electron chi connectivity index (χ2n) is 10.8. The van der Waals surface area contributed by atoms with Gasteiger partial charge in [0.2, 0.25) is 5.91 Å². The minimum atomic E-state index is -0.831. The third kappa shape index (κ3) is 6.77. The number of carbonyl (C=O) groups is 2. The van der Waals surface area contributed by atoms with Crippen LogP contribution in [0, 0.1) is 11.7 Å². The molecule has 0 bridgehead atoms. The van der Waals surface area contributed by atoms with Gasteiger partial charge in [-0.15, -0.1) is 0 Å². The number of nitrogens with zero attached hydrogens (tertiary/aromatic N) is 2. The molecule has 1 saturated heterocycles. The number of Topliss-reactive ketones (excluding diaryl/α,β-unsaturated/α-hetero) is 1. The quantitative estimate of drug-likeness (QED) is 0.584. The van der Waals surface area contributed by atoms with Gasteiger partial charge in [-0.25, -0.2) is 4.39 Å². The molecule has 4 rings (SSSR count). The van der Waals surface area contributed by atoms with Crippen LogP contribution >= 0.6 is 0 Å². The van der Waals surface area contributed by atoms with Crippen molar-refractivity contribution in [3.8, 4) is 0 Å². The number of hydrogen-bond donors (Lipinski definition) is 1. The summed E-state index contributed by atoms with van der Waals surface area (Å²) in [6, 6.07) is 12.9. The van der Waals surface area contributed by atoms with Gasteiger partial charge in [0.25, 0.3) is 0 Å². The van der Waals surface area contributed by atoms with Crippen LogP contribution in [0.5, 0.6) is 0 Å². The normalized spacial score (nSPS) is 17.7. The smallest absolute Gasteiger partial charge is 0.242 e. The molecule has 1 fully saturated rings. The van der Waals surface area contributed by atoms with E-state index in [1.807, 2.05) is 23.1 Å². The minimum Gasteiger partial charge on any atom is -0.341 e. The summed E-state index contributed by atoms with van der Waals surface area (Å²) in [6.07, 6.45) is 5.35. The lowest BCUT2D eigenvalue weighted by Gasteiger charge is -2.35. The maximum atomic E-state index is 13.3. The molecule has 35 heavy (non-hydrogen) atoms. The Hall–Kier alpha value is -2.57. The number of fused-ring (bicyclic) bond motifs is 1. The predicted molar refractivity (Wildman–Crippen MR) is 136 cm³/mol. The largest absolute Gasteiger partial charge is 0.341 e. The Balaban J connectivity index is 1.31. The fraction of sp³-hybridized carbons (Fsp3) is 0.517. The van der Waals surface area contributed by atoms with Crippen LogP contribution in [0.1, 0.15) is 73.0 Å². The van der Waals surface area contributed by atoms with Gasteiger partial charge in [0.05, 0.1) is 5.54 Å². The predicted octanol–water partition coefficient (Wildman–Crippen LogP) is 4.71. The number of likely N-dealkylation sites (tertiary alicyclic amines) is 1. The van der Waals surface area contributed by atoms with Gasteiger partial charge in [0.15, 0.2) is 5.78 Å². The van der Waals surface area contributed by atoms with Gasteiger partial charge in [-0.1, -0.05) is 24.3 Å². The molecule has 2 aromatic rings. The molecule has 0 radical (unpaired) electrons. The van der Waals surface area contributed by atoms with Crippen molar-refractivity contribution in [3.05, 3.63) is 70.5 Å². The van der Waals surface area contributed by atoms with Crippen LogP contribution in [-0.2, 0) is 24.3 Å². The van der Waals surface area contributed by atoms with Crippen molar-refractivity contribution in [2.75, 3.05) is 19.6 Å². The molecule has 2 aliphatic rings. The van der Waals surface area contributed by atoms with Crippen molar-refractivity contribution in [1.29, 1.82) is 0 Å². The molecule has 0 aromatic heterocycles. The molecule has 2 heterocycles. The van der Waals surface area contributed by atoms with Crippen molar-refractivity contribution >= 4 is 11.7 Å². The molecule has 1 amide bonds. The lowest BCUT2D eigenvalue weighted by molar-refractivity contribution is -0.137. The maximum Gasteiger partial charge on any atom is 0.242 e. The summed E-state index contributed by atoms with van der Waals surface area (Å²) >= 11 is 0. The van der Waals surface area contributed by atoms with Crippen LogP contribution in [0.15, 0.2) is 42.5 Å². The van der Waals surface area contributed by atoms with E-state index in [4.69, 9.17) is 5.73 Å². The van der Waals surface area contributed by atoms with E-state index in [2.05, 4.69) is 17.0 Å². The summed E-state index contributed by atoms with van der Waals surface area (Å²) in [4.78, 5) is 29.7. The Morgan fingerprint density at radius 1 is 1.03 bits per heavy atom. The molecule has 5 nitrogen and oxygen atoms in total. The number of aryl methyl sites for hydroxylation is 1. The number of rotatable bonds is 7. The number of nitrogens with two attached hydrogens (primary N) is 1. The number of hydrogen-bond acceptors (Lipinski definition) is 4. The molecular formula is C29H38FN3O2. The topological polar surface area (TPSA) is 66.6 Å². The van der Waals surface area contributed by atoms with E-state index < -0.39 is 5.54 Å². The molecule has 2 aliphatic heterocycles. The van der Waals surface area contributed by atoms with Crippen LogP contribution in [0.25, 0.3) is 0 Å². The summed E-state index contributed by atoms with van der Waals surface area (Å²) in [5.74, 6) is 0.460. The molecule has 2 N–H and O–H groups in total. The maximum absolute atomic E-state index is 13.3. The molecule has 0 saturated carbocycles. The van der Waals surface area contributed by atoms with E-state index in [0.717, 1.165) is 76.0 Å². The monoisotopic (exact) mass is 479 g/mol. The molecule has 188 valence electrons. The number of benzene rings is 2. The summed E-state index contributed by atoms with van der Waals surface area (Å²) < 4.78 is 13.3. The van der Waals surface area contributed by atoms with Gasteiger partial charge in [-0.2, -0.15) is 0 Å². The van der Waals surface area contributed by atoms with Crippen molar-refractivity contribution in [2.45, 2.75) is 71.0 Å². The van der Waals surface area contributed by atoms with Crippen LogP contribution < -0.4 is 5.73 Å². The highest BCUT2D eigenvalue weighted by molar-refractivity contribution is 5.96. The fourth-order valence-electron chi connectivity index (χ4n) is 5.30. The molecule has 0 atom stereocenters. The van der Waals surface area contributed by atoms with Crippen molar-refractivity contribution in [1.82, 2.24) is 9.80 Å². The zero-order chi connectivity index (χ0) is 25.0. The van der Waals surface area contributed by atoms with Gasteiger partial charge in [-0.3, -0.25) is 14.5 Å². The van der Waals surface area contributed by atoms with E-state index in [1.165, 1.54) is 23.3 Å². The third-order valence-corrected chi connectivity index (χ3v) is 7.39. The van der Waals surface area contributed by atoms with Crippen molar-refractivity contribution < 1.29 is 14.0 Å². The fourth-order valence-corrected chi connectivity index (χ4v) is 5.30. The number of amides is 1. The van der Waals surface area contributed by atoms with Gasteiger partial charge in [0, 0.05) is 38.2 Å². The van der Waals surface area contributed by atoms with Gasteiger partial charge >= 0.3 is 0 Å². The Morgan fingerprint density at radius 3 is 2.43 bits per heavy atom. The first kappa shape index (κ1) is 25.5. The standard InChI is InChI=1S/C29H38FN3O2/c1-29(2,31)28(35)33-16-13-21(14-17-33)7-12-27(34)24-9-8-23-4-3-15-32(20-25(23)18-24)19-22-5-10-26(30)11-6-22/h5-6,8-11,18,21H,3-4,7,12-17,19-20,31H2,1-2H3. The van der Waals surface area contributed by atoms with Gasteiger partial charge in [0.1, 0.15) is 5.82 Å². The Labute approximate surface area is 208 Å².